The fourth-order valence-corrected chi connectivity index (χ4v) is 2.87. The minimum absolute atomic E-state index is 0.507. The molecule has 4 heteroatoms. The van der Waals surface area contributed by atoms with E-state index in [1.54, 1.807) is 13.2 Å². The molecular weight excluding hydrogens is 252 g/mol. The summed E-state index contributed by atoms with van der Waals surface area (Å²) in [5.41, 5.74) is 1.80. The van der Waals surface area contributed by atoms with Crippen LogP contribution in [0.25, 0.3) is 0 Å². The molecule has 1 aliphatic heterocycles. The van der Waals surface area contributed by atoms with E-state index in [0.29, 0.717) is 11.6 Å². The quantitative estimate of drug-likeness (QED) is 0.788. The highest BCUT2D eigenvalue weighted by Gasteiger charge is 2.20. The molecule has 0 aromatic heterocycles. The second-order valence-electron chi connectivity index (χ2n) is 5.62. The van der Waals surface area contributed by atoms with E-state index >= 15 is 0 Å². The molecule has 1 atom stereocenters. The maximum absolute atomic E-state index is 11.0. The fourth-order valence-electron chi connectivity index (χ4n) is 2.87. The van der Waals surface area contributed by atoms with Gasteiger partial charge in [-0.25, -0.2) is 0 Å². The van der Waals surface area contributed by atoms with Crippen molar-refractivity contribution in [1.82, 2.24) is 9.80 Å². The Balaban J connectivity index is 2.17. The van der Waals surface area contributed by atoms with E-state index in [0.717, 1.165) is 43.8 Å². The Bertz CT molecular complexity index is 462. The van der Waals surface area contributed by atoms with Gasteiger partial charge in [0.2, 0.25) is 0 Å². The Morgan fingerprint density at radius 2 is 2.20 bits per heavy atom. The van der Waals surface area contributed by atoms with Crippen molar-refractivity contribution in [3.8, 4) is 5.75 Å². The first-order valence-electron chi connectivity index (χ1n) is 7.18. The summed E-state index contributed by atoms with van der Waals surface area (Å²) in [6.45, 7) is 6.40. The number of hydrogen-bond acceptors (Lipinski definition) is 4. The van der Waals surface area contributed by atoms with E-state index < -0.39 is 0 Å². The lowest BCUT2D eigenvalue weighted by Crippen LogP contribution is -2.37. The summed E-state index contributed by atoms with van der Waals surface area (Å²) in [4.78, 5) is 15.8. The Morgan fingerprint density at radius 1 is 1.40 bits per heavy atom. The van der Waals surface area contributed by atoms with E-state index in [9.17, 15) is 4.79 Å². The summed E-state index contributed by atoms with van der Waals surface area (Å²) >= 11 is 0. The smallest absolute Gasteiger partial charge is 0.150 e. The number of nitrogens with zero attached hydrogens (tertiary/aromatic N) is 2. The van der Waals surface area contributed by atoms with Crippen LogP contribution < -0.4 is 4.74 Å². The normalized spacial score (nSPS) is 21.4. The lowest BCUT2D eigenvalue weighted by atomic mass is 10.1. The van der Waals surface area contributed by atoms with Gasteiger partial charge in [-0.3, -0.25) is 9.69 Å². The molecule has 110 valence electrons. The second-order valence-corrected chi connectivity index (χ2v) is 5.62. The molecule has 0 N–H and O–H groups in total. The van der Waals surface area contributed by atoms with Gasteiger partial charge in [0.25, 0.3) is 0 Å². The van der Waals surface area contributed by atoms with Gasteiger partial charge in [-0.2, -0.15) is 0 Å². The largest absolute Gasteiger partial charge is 0.496 e. The number of carbonyl (C=O) groups excluding carboxylic acids is 1. The number of ether oxygens (including phenoxy) is 1. The van der Waals surface area contributed by atoms with Crippen LogP contribution in [0.5, 0.6) is 5.75 Å². The Morgan fingerprint density at radius 3 is 2.90 bits per heavy atom. The van der Waals surface area contributed by atoms with Crippen molar-refractivity contribution in [2.24, 2.45) is 0 Å². The summed E-state index contributed by atoms with van der Waals surface area (Å²) in [6, 6.07) is 6.13. The van der Waals surface area contributed by atoms with Crippen LogP contribution in [0.4, 0.5) is 0 Å². The zero-order valence-electron chi connectivity index (χ0n) is 12.6. The minimum Gasteiger partial charge on any atom is -0.496 e. The molecule has 0 bridgehead atoms. The molecule has 0 amide bonds. The van der Waals surface area contributed by atoms with Crippen molar-refractivity contribution in [2.45, 2.75) is 25.9 Å². The SMILES string of the molecule is COc1ccc(C=O)cc1CN1CCCN(C)CC1C. The lowest BCUT2D eigenvalue weighted by molar-refractivity contribution is 0.112. The van der Waals surface area contributed by atoms with E-state index in [-0.39, 0.29) is 0 Å². The predicted molar refractivity (Wildman–Crippen MR) is 80.4 cm³/mol. The van der Waals surface area contributed by atoms with Gasteiger partial charge in [0.1, 0.15) is 12.0 Å². The van der Waals surface area contributed by atoms with Crippen LogP contribution in [-0.4, -0.2) is 55.9 Å². The average molecular weight is 276 g/mol. The maximum Gasteiger partial charge on any atom is 0.150 e. The molecule has 0 aliphatic carbocycles. The molecule has 0 saturated carbocycles. The Labute approximate surface area is 121 Å². The first-order valence-corrected chi connectivity index (χ1v) is 7.18. The number of carbonyl (C=O) groups is 1. The van der Waals surface area contributed by atoms with Gasteiger partial charge in [0.15, 0.2) is 0 Å². The second kappa shape index (κ2) is 6.86. The van der Waals surface area contributed by atoms with Gasteiger partial charge < -0.3 is 9.64 Å². The number of rotatable bonds is 4. The molecule has 20 heavy (non-hydrogen) atoms. The summed E-state index contributed by atoms with van der Waals surface area (Å²) in [6.07, 6.45) is 2.07. The first-order chi connectivity index (χ1) is 9.63. The van der Waals surface area contributed by atoms with Gasteiger partial charge in [0, 0.05) is 36.8 Å². The van der Waals surface area contributed by atoms with Crippen LogP contribution in [0.2, 0.25) is 0 Å². The summed E-state index contributed by atoms with van der Waals surface area (Å²) in [5.74, 6) is 0.861. The fraction of sp³-hybridized carbons (Fsp3) is 0.562. The zero-order valence-corrected chi connectivity index (χ0v) is 12.6. The molecule has 4 nitrogen and oxygen atoms in total. The lowest BCUT2D eigenvalue weighted by Gasteiger charge is -2.28. The van der Waals surface area contributed by atoms with Gasteiger partial charge >= 0.3 is 0 Å². The van der Waals surface area contributed by atoms with Gasteiger partial charge in [-0.05, 0) is 45.1 Å². The molecule has 0 spiro atoms. The number of aldehydes is 1. The highest BCUT2D eigenvalue weighted by molar-refractivity contribution is 5.75. The van der Waals surface area contributed by atoms with Crippen LogP contribution in [0.1, 0.15) is 29.3 Å². The van der Waals surface area contributed by atoms with Crippen LogP contribution in [0.3, 0.4) is 0 Å². The van der Waals surface area contributed by atoms with E-state index in [2.05, 4.69) is 23.8 Å². The van der Waals surface area contributed by atoms with Crippen molar-refractivity contribution in [3.05, 3.63) is 29.3 Å². The number of hydrogen-bond donors (Lipinski definition) is 0. The molecular formula is C16H24N2O2. The van der Waals surface area contributed by atoms with Crippen molar-refractivity contribution in [3.63, 3.8) is 0 Å². The molecule has 2 rings (SSSR count). The van der Waals surface area contributed by atoms with Gasteiger partial charge in [-0.1, -0.05) is 0 Å². The summed E-state index contributed by atoms with van der Waals surface area (Å²) in [7, 11) is 3.85. The van der Waals surface area contributed by atoms with E-state index in [1.165, 1.54) is 6.42 Å². The molecule has 1 fully saturated rings. The molecule has 1 heterocycles. The number of benzene rings is 1. The number of methoxy groups -OCH3 is 1. The third-order valence-electron chi connectivity index (χ3n) is 4.00. The standard InChI is InChI=1S/C16H24N2O2/c1-13-10-17(2)7-4-8-18(13)11-15-9-14(12-19)5-6-16(15)20-3/h5-6,9,12-13H,4,7-8,10-11H2,1-3H3. The average Bonchev–Trinajstić information content (AvgIpc) is 2.60. The summed E-state index contributed by atoms with van der Waals surface area (Å²) < 4.78 is 5.42. The van der Waals surface area contributed by atoms with Crippen LogP contribution in [-0.2, 0) is 6.54 Å². The molecule has 1 aromatic rings. The molecule has 1 unspecified atom stereocenters. The van der Waals surface area contributed by atoms with Gasteiger partial charge in [0.05, 0.1) is 7.11 Å². The Kier molecular flexibility index (Phi) is 5.15. The topological polar surface area (TPSA) is 32.8 Å². The third-order valence-corrected chi connectivity index (χ3v) is 4.00. The van der Waals surface area contributed by atoms with E-state index in [1.807, 2.05) is 12.1 Å². The highest BCUT2D eigenvalue weighted by atomic mass is 16.5. The van der Waals surface area contributed by atoms with Crippen LogP contribution in [0, 0.1) is 0 Å². The van der Waals surface area contributed by atoms with Crippen molar-refractivity contribution in [1.29, 1.82) is 0 Å². The Hall–Kier alpha value is -1.39. The van der Waals surface area contributed by atoms with Crippen LogP contribution >= 0.6 is 0 Å². The van der Waals surface area contributed by atoms with Crippen molar-refractivity contribution >= 4 is 6.29 Å². The third kappa shape index (κ3) is 3.58. The number of likely N-dealkylation sites (N-methyl/N-ethyl adjacent to an activating group) is 1. The first kappa shape index (κ1) is 15.0. The monoisotopic (exact) mass is 276 g/mol. The van der Waals surface area contributed by atoms with Crippen molar-refractivity contribution in [2.75, 3.05) is 33.8 Å². The van der Waals surface area contributed by atoms with Crippen molar-refractivity contribution < 1.29 is 9.53 Å². The molecule has 1 saturated heterocycles. The minimum atomic E-state index is 0.507. The van der Waals surface area contributed by atoms with Crippen LogP contribution in [0.15, 0.2) is 18.2 Å². The maximum atomic E-state index is 11.0. The molecule has 1 aromatic carbocycles. The highest BCUT2D eigenvalue weighted by Crippen LogP contribution is 2.23. The summed E-state index contributed by atoms with van der Waals surface area (Å²) in [5, 5.41) is 0. The molecule has 0 radical (unpaired) electrons. The zero-order chi connectivity index (χ0) is 14.5. The van der Waals surface area contributed by atoms with E-state index in [4.69, 9.17) is 4.74 Å². The predicted octanol–water partition coefficient (Wildman–Crippen LogP) is 2.03. The molecule has 1 aliphatic rings. The van der Waals surface area contributed by atoms with Gasteiger partial charge in [-0.15, -0.1) is 0 Å².